The lowest BCUT2D eigenvalue weighted by Crippen LogP contribution is -1.89. The molecule has 0 aliphatic rings. The Morgan fingerprint density at radius 1 is 1.19 bits per heavy atom. The van der Waals surface area contributed by atoms with Crippen LogP contribution in [0.4, 0.5) is 10.3 Å². The van der Waals surface area contributed by atoms with E-state index in [4.69, 9.17) is 21.9 Å². The fraction of sp³-hybridized carbons (Fsp3) is 0. The van der Waals surface area contributed by atoms with Crippen LogP contribution in [-0.4, -0.2) is 5.16 Å². The largest absolute Gasteiger partial charge is 0.367 e. The number of nitrogens with two attached hydrogens (primary N) is 1. The maximum atomic E-state index is 13.4. The van der Waals surface area contributed by atoms with Crippen LogP contribution in [0.5, 0.6) is 0 Å². The zero-order valence-corrected chi connectivity index (χ0v) is 13.0. The molecule has 1 heterocycles. The number of rotatable bonds is 2. The molecule has 0 amide bonds. The highest BCUT2D eigenvalue weighted by molar-refractivity contribution is 9.10. The Bertz CT molecular complexity index is 819. The molecular formula is C15H9BrClFN2O. The molecule has 0 aliphatic carbocycles. The van der Waals surface area contributed by atoms with E-state index in [0.717, 1.165) is 4.47 Å². The van der Waals surface area contributed by atoms with E-state index in [-0.39, 0.29) is 11.7 Å². The molecule has 3 rings (SSSR count). The van der Waals surface area contributed by atoms with Crippen LogP contribution in [0, 0.1) is 5.82 Å². The SMILES string of the molecule is Nc1onc(-c2ccc(Br)cc2Cl)c1-c1cccc(F)c1. The van der Waals surface area contributed by atoms with Gasteiger partial charge in [-0.05, 0) is 29.8 Å². The van der Waals surface area contributed by atoms with Gasteiger partial charge in [-0.1, -0.05) is 50.9 Å². The Labute approximate surface area is 133 Å². The second kappa shape index (κ2) is 5.50. The van der Waals surface area contributed by atoms with Crippen molar-refractivity contribution in [1.29, 1.82) is 0 Å². The standard InChI is InChI=1S/C15H9BrClFN2O/c16-9-4-5-11(12(17)7-9)14-13(15(19)21-20-14)8-2-1-3-10(18)6-8/h1-7H,19H2. The second-order valence-electron chi connectivity index (χ2n) is 4.40. The summed E-state index contributed by atoms with van der Waals surface area (Å²) in [6.07, 6.45) is 0. The lowest BCUT2D eigenvalue weighted by Gasteiger charge is -2.05. The minimum atomic E-state index is -0.360. The van der Waals surface area contributed by atoms with Gasteiger partial charge >= 0.3 is 0 Å². The molecule has 0 saturated heterocycles. The van der Waals surface area contributed by atoms with Crippen molar-refractivity contribution in [2.75, 3.05) is 5.73 Å². The van der Waals surface area contributed by atoms with Crippen molar-refractivity contribution in [1.82, 2.24) is 5.16 Å². The maximum absolute atomic E-state index is 13.4. The van der Waals surface area contributed by atoms with Gasteiger partial charge in [0.05, 0.1) is 10.6 Å². The van der Waals surface area contributed by atoms with Crippen LogP contribution in [0.25, 0.3) is 22.4 Å². The fourth-order valence-electron chi connectivity index (χ4n) is 2.09. The fourth-order valence-corrected chi connectivity index (χ4v) is 2.85. The van der Waals surface area contributed by atoms with Crippen LogP contribution < -0.4 is 5.73 Å². The predicted molar refractivity (Wildman–Crippen MR) is 84.5 cm³/mol. The molecule has 2 N–H and O–H groups in total. The Balaban J connectivity index is 2.22. The Hall–Kier alpha value is -1.85. The molecule has 3 nitrogen and oxygen atoms in total. The van der Waals surface area contributed by atoms with Gasteiger partial charge in [0.2, 0.25) is 5.88 Å². The Morgan fingerprint density at radius 2 is 2.00 bits per heavy atom. The molecule has 0 fully saturated rings. The van der Waals surface area contributed by atoms with Gasteiger partial charge in [0.15, 0.2) is 0 Å². The van der Waals surface area contributed by atoms with Crippen LogP contribution in [0.15, 0.2) is 51.5 Å². The lowest BCUT2D eigenvalue weighted by molar-refractivity contribution is 0.439. The number of aromatic nitrogens is 1. The van der Waals surface area contributed by atoms with Crippen LogP contribution >= 0.6 is 27.5 Å². The monoisotopic (exact) mass is 366 g/mol. The molecule has 106 valence electrons. The Kier molecular flexibility index (Phi) is 3.69. The zero-order chi connectivity index (χ0) is 15.0. The number of nitrogen functional groups attached to an aromatic ring is 1. The second-order valence-corrected chi connectivity index (χ2v) is 5.73. The number of anilines is 1. The smallest absolute Gasteiger partial charge is 0.230 e. The summed E-state index contributed by atoms with van der Waals surface area (Å²) in [5, 5.41) is 4.46. The van der Waals surface area contributed by atoms with Crippen molar-refractivity contribution >= 4 is 33.4 Å². The van der Waals surface area contributed by atoms with Gasteiger partial charge < -0.3 is 10.3 Å². The van der Waals surface area contributed by atoms with E-state index in [0.29, 0.717) is 27.4 Å². The molecule has 0 spiro atoms. The highest BCUT2D eigenvalue weighted by Gasteiger charge is 2.19. The summed E-state index contributed by atoms with van der Waals surface area (Å²) < 4.78 is 19.3. The van der Waals surface area contributed by atoms with E-state index in [1.54, 1.807) is 24.3 Å². The van der Waals surface area contributed by atoms with Crippen LogP contribution in [0.2, 0.25) is 5.02 Å². The van der Waals surface area contributed by atoms with Gasteiger partial charge in [0.25, 0.3) is 0 Å². The van der Waals surface area contributed by atoms with Crippen molar-refractivity contribution in [3.8, 4) is 22.4 Å². The minimum Gasteiger partial charge on any atom is -0.367 e. The quantitative estimate of drug-likeness (QED) is 0.682. The summed E-state index contributed by atoms with van der Waals surface area (Å²) in [5.74, 6) is -0.240. The molecule has 0 bridgehead atoms. The van der Waals surface area contributed by atoms with E-state index in [1.807, 2.05) is 6.07 Å². The van der Waals surface area contributed by atoms with Gasteiger partial charge in [-0.2, -0.15) is 0 Å². The highest BCUT2D eigenvalue weighted by atomic mass is 79.9. The topological polar surface area (TPSA) is 52.0 Å². The van der Waals surface area contributed by atoms with Crippen molar-refractivity contribution in [3.05, 3.63) is 57.8 Å². The zero-order valence-electron chi connectivity index (χ0n) is 10.6. The van der Waals surface area contributed by atoms with Gasteiger partial charge in [-0.15, -0.1) is 0 Å². The first-order valence-corrected chi connectivity index (χ1v) is 7.20. The molecule has 0 saturated carbocycles. The van der Waals surface area contributed by atoms with Crippen LogP contribution in [0.3, 0.4) is 0 Å². The summed E-state index contributed by atoms with van der Waals surface area (Å²) in [4.78, 5) is 0. The van der Waals surface area contributed by atoms with E-state index >= 15 is 0 Å². The van der Waals surface area contributed by atoms with Gasteiger partial charge in [0, 0.05) is 10.0 Å². The maximum Gasteiger partial charge on any atom is 0.230 e. The first-order chi connectivity index (χ1) is 10.1. The van der Waals surface area contributed by atoms with Gasteiger partial charge in [-0.3, -0.25) is 0 Å². The summed E-state index contributed by atoms with van der Waals surface area (Å²) in [5.41, 5.74) is 8.10. The molecule has 1 aromatic heterocycles. The molecule has 2 aromatic carbocycles. The van der Waals surface area contributed by atoms with Crippen LogP contribution in [0.1, 0.15) is 0 Å². The highest BCUT2D eigenvalue weighted by Crippen LogP contribution is 2.39. The third-order valence-electron chi connectivity index (χ3n) is 3.02. The minimum absolute atomic E-state index is 0.120. The number of halogens is 3. The van der Waals surface area contributed by atoms with Crippen molar-refractivity contribution in [2.45, 2.75) is 0 Å². The molecule has 3 aromatic rings. The number of benzene rings is 2. The number of hydrogen-bond acceptors (Lipinski definition) is 3. The summed E-state index contributed by atoms with van der Waals surface area (Å²) in [6, 6.07) is 11.5. The first kappa shape index (κ1) is 14.1. The molecule has 0 aliphatic heterocycles. The van der Waals surface area contributed by atoms with Crippen molar-refractivity contribution in [3.63, 3.8) is 0 Å². The van der Waals surface area contributed by atoms with E-state index in [2.05, 4.69) is 21.1 Å². The average Bonchev–Trinajstić information content (AvgIpc) is 2.80. The third-order valence-corrected chi connectivity index (χ3v) is 3.82. The molecule has 0 unspecified atom stereocenters. The van der Waals surface area contributed by atoms with E-state index in [1.165, 1.54) is 12.1 Å². The molecular weight excluding hydrogens is 359 g/mol. The summed E-state index contributed by atoms with van der Waals surface area (Å²) >= 11 is 9.58. The summed E-state index contributed by atoms with van der Waals surface area (Å²) in [6.45, 7) is 0. The number of nitrogens with zero attached hydrogens (tertiary/aromatic N) is 1. The molecule has 0 atom stereocenters. The molecule has 6 heteroatoms. The van der Waals surface area contributed by atoms with Crippen molar-refractivity contribution in [2.24, 2.45) is 0 Å². The average molecular weight is 368 g/mol. The number of hydrogen-bond donors (Lipinski definition) is 1. The molecule has 21 heavy (non-hydrogen) atoms. The van der Waals surface area contributed by atoms with Gasteiger partial charge in [0.1, 0.15) is 11.5 Å². The Morgan fingerprint density at radius 3 is 2.71 bits per heavy atom. The molecule has 0 radical (unpaired) electrons. The van der Waals surface area contributed by atoms with Gasteiger partial charge in [-0.25, -0.2) is 4.39 Å². The van der Waals surface area contributed by atoms with E-state index in [9.17, 15) is 4.39 Å². The summed E-state index contributed by atoms with van der Waals surface area (Å²) in [7, 11) is 0. The predicted octanol–water partition coefficient (Wildman–Crippen LogP) is 5.15. The first-order valence-electron chi connectivity index (χ1n) is 6.03. The normalized spacial score (nSPS) is 10.8. The van der Waals surface area contributed by atoms with Crippen molar-refractivity contribution < 1.29 is 8.91 Å². The van der Waals surface area contributed by atoms with E-state index < -0.39 is 0 Å². The van der Waals surface area contributed by atoms with Crippen LogP contribution in [-0.2, 0) is 0 Å². The lowest BCUT2D eigenvalue weighted by atomic mass is 10.0. The third kappa shape index (κ3) is 2.66.